The molecule has 0 aliphatic carbocycles. The maximum absolute atomic E-state index is 12.4. The summed E-state index contributed by atoms with van der Waals surface area (Å²) in [7, 11) is 0. The summed E-state index contributed by atoms with van der Waals surface area (Å²) in [5.41, 5.74) is 5.88. The van der Waals surface area contributed by atoms with Crippen molar-refractivity contribution in [3.05, 3.63) is 33.9 Å². The number of thioether (sulfide) groups is 1. The number of hydrogen-bond donors (Lipinski definition) is 1. The second-order valence-corrected chi connectivity index (χ2v) is 6.88. The highest BCUT2D eigenvalue weighted by molar-refractivity contribution is 8.00. The maximum Gasteiger partial charge on any atom is 0.292 e. The van der Waals surface area contributed by atoms with Crippen LogP contribution in [0.3, 0.4) is 0 Å². The average Bonchev–Trinajstić information content (AvgIpc) is 2.36. The molecule has 0 aromatic heterocycles. The van der Waals surface area contributed by atoms with E-state index < -0.39 is 4.92 Å². The molecule has 0 radical (unpaired) electrons. The molecule has 1 fully saturated rings. The fourth-order valence-electron chi connectivity index (χ4n) is 2.38. The molecule has 0 spiro atoms. The molecule has 2 N–H and O–H groups in total. The van der Waals surface area contributed by atoms with Crippen molar-refractivity contribution in [3.63, 3.8) is 0 Å². The fraction of sp³-hybridized carbons (Fsp3) is 0.462. The molecule has 20 heavy (non-hydrogen) atoms. The summed E-state index contributed by atoms with van der Waals surface area (Å²) in [6, 6.07) is 4.14. The second-order valence-electron chi connectivity index (χ2n) is 5.00. The molecule has 1 aromatic carbocycles. The van der Waals surface area contributed by atoms with E-state index in [0.29, 0.717) is 29.2 Å². The highest BCUT2D eigenvalue weighted by Gasteiger charge is 2.27. The minimum atomic E-state index is -0.550. The van der Waals surface area contributed by atoms with Crippen LogP contribution in [0.1, 0.15) is 24.2 Å². The first kappa shape index (κ1) is 14.6. The van der Waals surface area contributed by atoms with Crippen molar-refractivity contribution >= 4 is 29.0 Å². The number of amides is 1. The van der Waals surface area contributed by atoms with Crippen LogP contribution in [0.2, 0.25) is 0 Å². The van der Waals surface area contributed by atoms with E-state index in [0.717, 1.165) is 0 Å². The molecule has 1 aliphatic heterocycles. The Bertz CT molecular complexity index is 540. The number of benzene rings is 1. The third kappa shape index (κ3) is 3.04. The summed E-state index contributed by atoms with van der Waals surface area (Å²) in [4.78, 5) is 24.4. The van der Waals surface area contributed by atoms with Gasteiger partial charge in [-0.05, 0) is 12.1 Å². The minimum absolute atomic E-state index is 0.0216. The van der Waals surface area contributed by atoms with Crippen LogP contribution in [0, 0.1) is 10.1 Å². The maximum atomic E-state index is 12.4. The molecule has 1 amide bonds. The molecule has 7 heteroatoms. The number of carbonyl (C=O) groups is 1. The monoisotopic (exact) mass is 295 g/mol. The van der Waals surface area contributed by atoms with Gasteiger partial charge in [-0.1, -0.05) is 13.8 Å². The van der Waals surface area contributed by atoms with Crippen LogP contribution in [0.4, 0.5) is 11.4 Å². The number of nitro groups is 1. The molecule has 1 aliphatic rings. The van der Waals surface area contributed by atoms with Crippen LogP contribution in [0.25, 0.3) is 0 Å². The molecule has 1 aromatic rings. The molecule has 6 nitrogen and oxygen atoms in total. The van der Waals surface area contributed by atoms with Gasteiger partial charge >= 0.3 is 0 Å². The van der Waals surface area contributed by atoms with Crippen LogP contribution >= 0.6 is 11.8 Å². The standard InChI is InChI=1S/C13H17N3O3S/c1-8-6-15(7-9(2)20-8)13(17)10-3-4-12(16(18)19)11(14)5-10/h3-5,8-9H,6-7,14H2,1-2H3. The third-order valence-corrected chi connectivity index (χ3v) is 4.41. The largest absolute Gasteiger partial charge is 0.393 e. The van der Waals surface area contributed by atoms with Gasteiger partial charge in [0.2, 0.25) is 0 Å². The molecule has 2 unspecified atom stereocenters. The van der Waals surface area contributed by atoms with Crippen LogP contribution < -0.4 is 5.73 Å². The highest BCUT2D eigenvalue weighted by Crippen LogP contribution is 2.27. The molecular weight excluding hydrogens is 278 g/mol. The molecule has 2 rings (SSSR count). The Labute approximate surface area is 121 Å². The van der Waals surface area contributed by atoms with E-state index in [9.17, 15) is 14.9 Å². The number of nitrogen functional groups attached to an aromatic ring is 1. The Balaban J connectivity index is 2.21. The van der Waals surface area contributed by atoms with E-state index in [4.69, 9.17) is 5.73 Å². The van der Waals surface area contributed by atoms with E-state index in [1.807, 2.05) is 11.8 Å². The zero-order chi connectivity index (χ0) is 14.9. The van der Waals surface area contributed by atoms with Gasteiger partial charge < -0.3 is 10.6 Å². The lowest BCUT2D eigenvalue weighted by Crippen LogP contribution is -2.44. The Morgan fingerprint density at radius 3 is 2.50 bits per heavy atom. The summed E-state index contributed by atoms with van der Waals surface area (Å²) in [6.45, 7) is 5.55. The van der Waals surface area contributed by atoms with Gasteiger partial charge in [-0.2, -0.15) is 11.8 Å². The van der Waals surface area contributed by atoms with Crippen molar-refractivity contribution in [1.82, 2.24) is 4.90 Å². The zero-order valence-corrected chi connectivity index (χ0v) is 12.2. The summed E-state index contributed by atoms with van der Waals surface area (Å²) < 4.78 is 0. The number of nitrogens with zero attached hydrogens (tertiary/aromatic N) is 2. The SMILES string of the molecule is CC1CN(C(=O)c2ccc([N+](=O)[O-])c(N)c2)CC(C)S1. The first-order valence-electron chi connectivity index (χ1n) is 6.37. The third-order valence-electron chi connectivity index (χ3n) is 3.18. The lowest BCUT2D eigenvalue weighted by atomic mass is 10.1. The molecule has 0 bridgehead atoms. The topological polar surface area (TPSA) is 89.5 Å². The van der Waals surface area contributed by atoms with Crippen LogP contribution in [-0.2, 0) is 0 Å². The van der Waals surface area contributed by atoms with Crippen molar-refractivity contribution in [2.45, 2.75) is 24.3 Å². The quantitative estimate of drug-likeness (QED) is 0.513. The first-order valence-corrected chi connectivity index (χ1v) is 7.31. The first-order chi connectivity index (χ1) is 9.38. The number of carbonyl (C=O) groups excluding carboxylic acids is 1. The number of hydrogen-bond acceptors (Lipinski definition) is 5. The van der Waals surface area contributed by atoms with E-state index >= 15 is 0 Å². The highest BCUT2D eigenvalue weighted by atomic mass is 32.2. The van der Waals surface area contributed by atoms with Crippen molar-refractivity contribution in [2.24, 2.45) is 0 Å². The van der Waals surface area contributed by atoms with Crippen molar-refractivity contribution in [1.29, 1.82) is 0 Å². The second kappa shape index (κ2) is 5.70. The number of nitrogens with two attached hydrogens (primary N) is 1. The number of anilines is 1. The molecule has 1 heterocycles. The van der Waals surface area contributed by atoms with Gasteiger partial charge in [0.05, 0.1) is 4.92 Å². The summed E-state index contributed by atoms with van der Waals surface area (Å²) in [5, 5.41) is 11.5. The van der Waals surface area contributed by atoms with Crippen molar-refractivity contribution in [3.8, 4) is 0 Å². The lowest BCUT2D eigenvalue weighted by molar-refractivity contribution is -0.383. The smallest absolute Gasteiger partial charge is 0.292 e. The van der Waals surface area contributed by atoms with E-state index in [1.54, 1.807) is 4.90 Å². The van der Waals surface area contributed by atoms with Gasteiger partial charge in [-0.15, -0.1) is 0 Å². The molecule has 0 saturated carbocycles. The fourth-order valence-corrected chi connectivity index (χ4v) is 3.71. The van der Waals surface area contributed by atoms with Gasteiger partial charge in [0.15, 0.2) is 0 Å². The van der Waals surface area contributed by atoms with Crippen LogP contribution in [0.5, 0.6) is 0 Å². The average molecular weight is 295 g/mol. The van der Waals surface area contributed by atoms with Gasteiger partial charge in [0, 0.05) is 35.2 Å². The normalized spacial score (nSPS) is 22.6. The molecule has 2 atom stereocenters. The Morgan fingerprint density at radius 2 is 2.00 bits per heavy atom. The summed E-state index contributed by atoms with van der Waals surface area (Å²) in [6.07, 6.45) is 0. The Kier molecular flexibility index (Phi) is 4.17. The Hall–Kier alpha value is -1.76. The van der Waals surface area contributed by atoms with Gasteiger partial charge in [0.25, 0.3) is 11.6 Å². The van der Waals surface area contributed by atoms with Gasteiger partial charge in [-0.25, -0.2) is 0 Å². The zero-order valence-electron chi connectivity index (χ0n) is 11.4. The molecule has 1 saturated heterocycles. The lowest BCUT2D eigenvalue weighted by Gasteiger charge is -2.34. The van der Waals surface area contributed by atoms with Crippen LogP contribution in [0.15, 0.2) is 18.2 Å². The predicted molar refractivity (Wildman–Crippen MR) is 79.9 cm³/mol. The van der Waals surface area contributed by atoms with E-state index in [2.05, 4.69) is 13.8 Å². The number of nitro benzene ring substituents is 1. The van der Waals surface area contributed by atoms with E-state index in [1.165, 1.54) is 18.2 Å². The predicted octanol–water partition coefficient (Wildman–Crippen LogP) is 2.14. The van der Waals surface area contributed by atoms with Crippen molar-refractivity contribution < 1.29 is 9.72 Å². The van der Waals surface area contributed by atoms with Gasteiger partial charge in [-0.3, -0.25) is 14.9 Å². The van der Waals surface area contributed by atoms with Crippen LogP contribution in [-0.4, -0.2) is 39.3 Å². The molecule has 108 valence electrons. The van der Waals surface area contributed by atoms with Crippen molar-refractivity contribution in [2.75, 3.05) is 18.8 Å². The summed E-state index contributed by atoms with van der Waals surface area (Å²) in [5.74, 6) is -0.120. The number of rotatable bonds is 2. The Morgan fingerprint density at radius 1 is 1.40 bits per heavy atom. The molecular formula is C13H17N3O3S. The van der Waals surface area contributed by atoms with E-state index in [-0.39, 0.29) is 17.3 Å². The minimum Gasteiger partial charge on any atom is -0.393 e. The van der Waals surface area contributed by atoms with Gasteiger partial charge in [0.1, 0.15) is 5.69 Å². The summed E-state index contributed by atoms with van der Waals surface area (Å²) >= 11 is 1.86.